The molecule has 2 heteroatoms. The Hall–Kier alpha value is -1.44. The number of nitrogens with zero attached hydrogens (tertiary/aromatic N) is 2. The van der Waals surface area contributed by atoms with Gasteiger partial charge in [-0.1, -0.05) is 128 Å². The largest absolute Gasteiger partial charge is 0.356 e. The Morgan fingerprint density at radius 1 is 0.581 bits per heavy atom. The number of anilines is 1. The molecule has 2 nitrogen and oxygen atoms in total. The van der Waals surface area contributed by atoms with Gasteiger partial charge in [0, 0.05) is 24.6 Å². The molecular weight excluding hydrogens is 376 g/mol. The van der Waals surface area contributed by atoms with Crippen molar-refractivity contribution in [3.8, 4) is 0 Å². The van der Waals surface area contributed by atoms with Gasteiger partial charge in [-0.3, -0.25) is 0 Å². The highest BCUT2D eigenvalue weighted by atomic mass is 15.4. The van der Waals surface area contributed by atoms with Gasteiger partial charge in [-0.25, -0.2) is 0 Å². The van der Waals surface area contributed by atoms with Crippen molar-refractivity contribution in [3.05, 3.63) is 42.7 Å². The summed E-state index contributed by atoms with van der Waals surface area (Å²) < 4.78 is 0. The van der Waals surface area contributed by atoms with Crippen molar-refractivity contribution < 1.29 is 0 Å². The molecule has 1 heterocycles. The molecule has 2 rings (SSSR count). The number of unbranched alkanes of at least 4 members (excludes halogenated alkanes) is 15. The molecule has 0 aromatic heterocycles. The van der Waals surface area contributed by atoms with Gasteiger partial charge in [0.1, 0.15) is 6.17 Å². The van der Waals surface area contributed by atoms with Crippen LogP contribution in [0.25, 0.3) is 0 Å². The number of benzene rings is 1. The van der Waals surface area contributed by atoms with Crippen molar-refractivity contribution >= 4 is 5.69 Å². The first-order chi connectivity index (χ1) is 15.4. The first-order valence-electron chi connectivity index (χ1n) is 13.6. The van der Waals surface area contributed by atoms with Gasteiger partial charge < -0.3 is 9.80 Å². The SMILES string of the molecule is CCCCCCCCCCCCCCCCCCN1C=CN(c2ccccc2)C1CC. The van der Waals surface area contributed by atoms with Crippen molar-refractivity contribution in [1.82, 2.24) is 4.90 Å². The van der Waals surface area contributed by atoms with Crippen LogP contribution in [0.4, 0.5) is 5.69 Å². The van der Waals surface area contributed by atoms with Gasteiger partial charge in [0.25, 0.3) is 0 Å². The molecule has 0 spiro atoms. The lowest BCUT2D eigenvalue weighted by molar-refractivity contribution is 0.285. The highest BCUT2D eigenvalue weighted by molar-refractivity contribution is 5.51. The highest BCUT2D eigenvalue weighted by Crippen LogP contribution is 2.26. The summed E-state index contributed by atoms with van der Waals surface area (Å²) in [6.45, 7) is 5.79. The van der Waals surface area contributed by atoms with Crippen molar-refractivity contribution in [3.63, 3.8) is 0 Å². The second kappa shape index (κ2) is 17.2. The highest BCUT2D eigenvalue weighted by Gasteiger charge is 2.24. The molecule has 0 radical (unpaired) electrons. The van der Waals surface area contributed by atoms with Crippen LogP contribution < -0.4 is 4.90 Å². The molecule has 1 aliphatic heterocycles. The van der Waals surface area contributed by atoms with Crippen molar-refractivity contribution in [2.45, 2.75) is 129 Å². The molecule has 1 unspecified atom stereocenters. The van der Waals surface area contributed by atoms with Gasteiger partial charge in [0.2, 0.25) is 0 Å². The van der Waals surface area contributed by atoms with Gasteiger partial charge in [-0.15, -0.1) is 0 Å². The van der Waals surface area contributed by atoms with E-state index in [1.54, 1.807) is 0 Å². The number of rotatable bonds is 19. The van der Waals surface area contributed by atoms with Gasteiger partial charge >= 0.3 is 0 Å². The van der Waals surface area contributed by atoms with E-state index in [0.717, 1.165) is 6.42 Å². The maximum Gasteiger partial charge on any atom is 0.105 e. The van der Waals surface area contributed by atoms with Gasteiger partial charge in [-0.2, -0.15) is 0 Å². The molecule has 0 bridgehead atoms. The summed E-state index contributed by atoms with van der Waals surface area (Å²) in [7, 11) is 0. The minimum atomic E-state index is 0.485. The Morgan fingerprint density at radius 2 is 1.06 bits per heavy atom. The lowest BCUT2D eigenvalue weighted by Gasteiger charge is -2.32. The molecule has 0 saturated heterocycles. The molecule has 0 amide bonds. The third-order valence-electron chi connectivity index (χ3n) is 6.81. The number of hydrogen-bond acceptors (Lipinski definition) is 2. The monoisotopic (exact) mass is 426 g/mol. The minimum absolute atomic E-state index is 0.485. The average Bonchev–Trinajstić information content (AvgIpc) is 3.22. The van der Waals surface area contributed by atoms with E-state index < -0.39 is 0 Å². The molecule has 0 N–H and O–H groups in total. The topological polar surface area (TPSA) is 6.48 Å². The third-order valence-corrected chi connectivity index (χ3v) is 6.81. The normalized spacial score (nSPS) is 15.9. The molecule has 0 saturated carbocycles. The molecular formula is C29H50N2. The van der Waals surface area contributed by atoms with Crippen LogP contribution in [0.5, 0.6) is 0 Å². The summed E-state index contributed by atoms with van der Waals surface area (Å²) in [5.41, 5.74) is 1.31. The number of para-hydroxylation sites is 1. The standard InChI is InChI=1S/C29H50N2/c1-3-5-6-7-8-9-10-11-12-13-14-15-16-17-18-22-25-30-26-27-31(29(30)4-2)28-23-20-19-21-24-28/h19-21,23-24,26-27,29H,3-18,22,25H2,1-2H3. The fraction of sp³-hybridized carbons (Fsp3) is 0.724. The Labute approximate surface area is 194 Å². The molecule has 1 aliphatic rings. The molecule has 1 atom stereocenters. The minimum Gasteiger partial charge on any atom is -0.356 e. The van der Waals surface area contributed by atoms with E-state index in [-0.39, 0.29) is 0 Å². The predicted octanol–water partition coefficient (Wildman–Crippen LogP) is 9.28. The zero-order valence-electron chi connectivity index (χ0n) is 20.7. The summed E-state index contributed by atoms with van der Waals surface area (Å²) in [6.07, 6.45) is 29.2. The fourth-order valence-electron chi connectivity index (χ4n) is 4.87. The molecule has 1 aromatic rings. The lowest BCUT2D eigenvalue weighted by atomic mass is 10.0. The summed E-state index contributed by atoms with van der Waals surface area (Å²) in [5, 5.41) is 0. The van der Waals surface area contributed by atoms with E-state index >= 15 is 0 Å². The van der Waals surface area contributed by atoms with Crippen molar-refractivity contribution in [2.75, 3.05) is 11.4 Å². The van der Waals surface area contributed by atoms with Gasteiger partial charge in [-0.05, 0) is 25.0 Å². The predicted molar refractivity (Wildman–Crippen MR) is 138 cm³/mol. The summed E-state index contributed by atoms with van der Waals surface area (Å²) in [6, 6.07) is 10.8. The van der Waals surface area contributed by atoms with Crippen LogP contribution in [-0.4, -0.2) is 17.6 Å². The first-order valence-corrected chi connectivity index (χ1v) is 13.6. The summed E-state index contributed by atoms with van der Waals surface area (Å²) >= 11 is 0. The second-order valence-electron chi connectivity index (χ2n) is 9.47. The Balaban J connectivity index is 1.39. The first kappa shape index (κ1) is 25.8. The van der Waals surface area contributed by atoms with Crippen LogP contribution in [0.3, 0.4) is 0 Å². The van der Waals surface area contributed by atoms with Crippen molar-refractivity contribution in [2.24, 2.45) is 0 Å². The van der Waals surface area contributed by atoms with E-state index in [4.69, 9.17) is 0 Å². The van der Waals surface area contributed by atoms with Crippen LogP contribution >= 0.6 is 0 Å². The summed E-state index contributed by atoms with van der Waals surface area (Å²) in [5.74, 6) is 0. The van der Waals surface area contributed by atoms with Crippen LogP contribution in [0, 0.1) is 0 Å². The Kier molecular flexibility index (Phi) is 14.3. The van der Waals surface area contributed by atoms with E-state index in [9.17, 15) is 0 Å². The van der Waals surface area contributed by atoms with Crippen LogP contribution in [0.2, 0.25) is 0 Å². The van der Waals surface area contributed by atoms with Crippen LogP contribution in [-0.2, 0) is 0 Å². The van der Waals surface area contributed by atoms with E-state index in [1.807, 2.05) is 0 Å². The van der Waals surface area contributed by atoms with Gasteiger partial charge in [0.15, 0.2) is 0 Å². The fourth-order valence-corrected chi connectivity index (χ4v) is 4.87. The number of hydrogen-bond donors (Lipinski definition) is 0. The Bertz CT molecular complexity index is 553. The lowest BCUT2D eigenvalue weighted by Crippen LogP contribution is -2.38. The molecule has 1 aromatic carbocycles. The smallest absolute Gasteiger partial charge is 0.105 e. The zero-order valence-corrected chi connectivity index (χ0v) is 20.7. The van der Waals surface area contributed by atoms with Crippen LogP contribution in [0.1, 0.15) is 123 Å². The Morgan fingerprint density at radius 3 is 1.55 bits per heavy atom. The quantitative estimate of drug-likeness (QED) is 0.203. The second-order valence-corrected chi connectivity index (χ2v) is 9.47. The third kappa shape index (κ3) is 10.6. The molecule has 0 aliphatic carbocycles. The molecule has 0 fully saturated rings. The average molecular weight is 427 g/mol. The van der Waals surface area contributed by atoms with E-state index in [1.165, 1.54) is 115 Å². The van der Waals surface area contributed by atoms with Crippen LogP contribution in [0.15, 0.2) is 42.7 Å². The maximum absolute atomic E-state index is 2.54. The van der Waals surface area contributed by atoms with Gasteiger partial charge in [0.05, 0.1) is 0 Å². The maximum atomic E-state index is 2.54. The van der Waals surface area contributed by atoms with E-state index in [0.29, 0.717) is 6.17 Å². The zero-order chi connectivity index (χ0) is 22.0. The molecule has 31 heavy (non-hydrogen) atoms. The van der Waals surface area contributed by atoms with Crippen molar-refractivity contribution in [1.29, 1.82) is 0 Å². The summed E-state index contributed by atoms with van der Waals surface area (Å²) in [4.78, 5) is 4.96. The van der Waals surface area contributed by atoms with E-state index in [2.05, 4.69) is 66.4 Å². The molecule has 176 valence electrons.